The highest BCUT2D eigenvalue weighted by Gasteiger charge is 2.25. The molecule has 1 atom stereocenters. The zero-order valence-electron chi connectivity index (χ0n) is 19.2. The molecule has 2 amide bonds. The van der Waals surface area contributed by atoms with Crippen molar-refractivity contribution in [2.24, 2.45) is 0 Å². The lowest BCUT2D eigenvalue weighted by atomic mass is 9.95. The van der Waals surface area contributed by atoms with Crippen LogP contribution in [-0.4, -0.2) is 33.2 Å². The summed E-state index contributed by atoms with van der Waals surface area (Å²) in [6, 6.07) is 6.34. The van der Waals surface area contributed by atoms with Gasteiger partial charge in [-0.3, -0.25) is 9.59 Å². The fourth-order valence-corrected chi connectivity index (χ4v) is 5.26. The lowest BCUT2D eigenvalue weighted by Crippen LogP contribution is -2.37. The Morgan fingerprint density at radius 3 is 2.42 bits per heavy atom. The standard InChI is InChI=1S/C24H34N4O2S/c1-15-10-9-11-16(2)22(15)27-21(29)14-25-23(30)19(5)31-24-26-17(3)18(4)28(24)20-12-7-6-8-13-20/h9-11,19-20H,6-8,12-14H2,1-5H3,(H,25,30)(H,27,29). The Hall–Kier alpha value is -2.28. The van der Waals surface area contributed by atoms with Gasteiger partial charge in [-0.25, -0.2) is 4.98 Å². The van der Waals surface area contributed by atoms with E-state index < -0.39 is 0 Å². The molecule has 168 valence electrons. The Kier molecular flexibility index (Phi) is 7.81. The number of amides is 2. The maximum absolute atomic E-state index is 12.7. The lowest BCUT2D eigenvalue weighted by Gasteiger charge is -2.26. The summed E-state index contributed by atoms with van der Waals surface area (Å²) in [5.74, 6) is -0.381. The number of nitrogens with zero attached hydrogens (tertiary/aromatic N) is 2. The summed E-state index contributed by atoms with van der Waals surface area (Å²) in [6.45, 7) is 9.88. The van der Waals surface area contributed by atoms with Crippen LogP contribution in [0.15, 0.2) is 23.4 Å². The smallest absolute Gasteiger partial charge is 0.243 e. The third kappa shape index (κ3) is 5.70. The van der Waals surface area contributed by atoms with E-state index in [2.05, 4.69) is 22.1 Å². The molecule has 0 aliphatic heterocycles. The van der Waals surface area contributed by atoms with Gasteiger partial charge in [0, 0.05) is 17.4 Å². The van der Waals surface area contributed by atoms with E-state index in [0.29, 0.717) is 6.04 Å². The first-order valence-corrected chi connectivity index (χ1v) is 12.0. The second kappa shape index (κ2) is 10.4. The van der Waals surface area contributed by atoms with Gasteiger partial charge in [-0.15, -0.1) is 0 Å². The number of nitrogens with one attached hydrogen (secondary N) is 2. The summed E-state index contributed by atoms with van der Waals surface area (Å²) < 4.78 is 2.33. The zero-order chi connectivity index (χ0) is 22.5. The summed E-state index contributed by atoms with van der Waals surface area (Å²) in [5, 5.41) is 6.25. The van der Waals surface area contributed by atoms with Crippen LogP contribution in [-0.2, 0) is 9.59 Å². The number of imidazole rings is 1. The topological polar surface area (TPSA) is 76.0 Å². The molecule has 0 bridgehead atoms. The Labute approximate surface area is 189 Å². The average Bonchev–Trinajstić information content (AvgIpc) is 3.02. The van der Waals surface area contributed by atoms with E-state index in [4.69, 9.17) is 4.98 Å². The number of anilines is 1. The quantitative estimate of drug-likeness (QED) is 0.601. The van der Waals surface area contributed by atoms with Gasteiger partial charge in [0.2, 0.25) is 11.8 Å². The van der Waals surface area contributed by atoms with E-state index in [1.54, 1.807) is 0 Å². The molecular formula is C24H34N4O2S. The van der Waals surface area contributed by atoms with Gasteiger partial charge in [-0.1, -0.05) is 49.2 Å². The summed E-state index contributed by atoms with van der Waals surface area (Å²) in [5.41, 5.74) is 5.03. The Morgan fingerprint density at radius 2 is 1.77 bits per heavy atom. The first kappa shape index (κ1) is 23.4. The van der Waals surface area contributed by atoms with Crippen molar-refractivity contribution in [3.63, 3.8) is 0 Å². The molecule has 0 saturated heterocycles. The van der Waals surface area contributed by atoms with Crippen molar-refractivity contribution in [2.45, 2.75) is 83.2 Å². The van der Waals surface area contributed by atoms with Crippen LogP contribution in [0.25, 0.3) is 0 Å². The van der Waals surface area contributed by atoms with Gasteiger partial charge in [0.25, 0.3) is 0 Å². The van der Waals surface area contributed by atoms with Crippen molar-refractivity contribution in [3.8, 4) is 0 Å². The van der Waals surface area contributed by atoms with E-state index in [-0.39, 0.29) is 23.6 Å². The van der Waals surface area contributed by atoms with Crippen LogP contribution in [0.1, 0.15) is 67.6 Å². The van der Waals surface area contributed by atoms with Gasteiger partial charge in [-0.2, -0.15) is 0 Å². The maximum Gasteiger partial charge on any atom is 0.243 e. The highest BCUT2D eigenvalue weighted by atomic mass is 32.2. The van der Waals surface area contributed by atoms with Gasteiger partial charge < -0.3 is 15.2 Å². The molecule has 1 aromatic heterocycles. The van der Waals surface area contributed by atoms with Crippen LogP contribution < -0.4 is 10.6 Å². The molecule has 0 radical (unpaired) electrons. The molecule has 1 saturated carbocycles. The molecule has 2 N–H and O–H groups in total. The molecule has 6 nitrogen and oxygen atoms in total. The van der Waals surface area contributed by atoms with Crippen LogP contribution in [0.3, 0.4) is 0 Å². The minimum Gasteiger partial charge on any atom is -0.346 e. The number of carbonyl (C=O) groups is 2. The van der Waals surface area contributed by atoms with Crippen molar-refractivity contribution in [1.29, 1.82) is 0 Å². The second-order valence-electron chi connectivity index (χ2n) is 8.52. The number of aromatic nitrogens is 2. The van der Waals surface area contributed by atoms with Gasteiger partial charge in [0.05, 0.1) is 17.5 Å². The molecule has 1 unspecified atom stereocenters. The molecular weight excluding hydrogens is 408 g/mol. The lowest BCUT2D eigenvalue weighted by molar-refractivity contribution is -0.123. The molecule has 31 heavy (non-hydrogen) atoms. The third-order valence-electron chi connectivity index (χ3n) is 6.11. The normalized spacial score (nSPS) is 15.5. The molecule has 7 heteroatoms. The molecule has 1 aromatic carbocycles. The fraction of sp³-hybridized carbons (Fsp3) is 0.542. The van der Waals surface area contributed by atoms with E-state index in [9.17, 15) is 9.59 Å². The van der Waals surface area contributed by atoms with E-state index in [0.717, 1.165) is 27.7 Å². The van der Waals surface area contributed by atoms with E-state index >= 15 is 0 Å². The van der Waals surface area contributed by atoms with Crippen molar-refractivity contribution < 1.29 is 9.59 Å². The van der Waals surface area contributed by atoms with Gasteiger partial charge in [-0.05, 0) is 58.6 Å². The summed E-state index contributed by atoms with van der Waals surface area (Å²) in [4.78, 5) is 29.8. The SMILES string of the molecule is Cc1cccc(C)c1NC(=O)CNC(=O)C(C)Sc1nc(C)c(C)n1C1CCCCC1. The number of carbonyl (C=O) groups excluding carboxylic acids is 2. The van der Waals surface area contributed by atoms with Crippen molar-refractivity contribution in [3.05, 3.63) is 40.7 Å². The molecule has 3 rings (SSSR count). The molecule has 2 aromatic rings. The van der Waals surface area contributed by atoms with E-state index in [1.807, 2.05) is 45.9 Å². The summed E-state index contributed by atoms with van der Waals surface area (Å²) in [7, 11) is 0. The predicted octanol–water partition coefficient (Wildman–Crippen LogP) is 4.86. The highest BCUT2D eigenvalue weighted by Crippen LogP contribution is 2.35. The number of rotatable bonds is 7. The Morgan fingerprint density at radius 1 is 1.13 bits per heavy atom. The largest absolute Gasteiger partial charge is 0.346 e. The highest BCUT2D eigenvalue weighted by molar-refractivity contribution is 8.00. The van der Waals surface area contributed by atoms with Gasteiger partial charge >= 0.3 is 0 Å². The number of hydrogen-bond donors (Lipinski definition) is 2. The van der Waals surface area contributed by atoms with E-state index in [1.165, 1.54) is 49.6 Å². The number of aryl methyl sites for hydroxylation is 3. The van der Waals surface area contributed by atoms with Crippen molar-refractivity contribution in [2.75, 3.05) is 11.9 Å². The monoisotopic (exact) mass is 442 g/mol. The zero-order valence-corrected chi connectivity index (χ0v) is 20.1. The van der Waals surface area contributed by atoms with Crippen LogP contribution in [0.4, 0.5) is 5.69 Å². The average molecular weight is 443 g/mol. The number of benzene rings is 1. The minimum absolute atomic E-state index is 0.0490. The second-order valence-corrected chi connectivity index (χ2v) is 9.83. The molecule has 1 aliphatic carbocycles. The molecule has 1 heterocycles. The number of thioether (sulfide) groups is 1. The first-order chi connectivity index (χ1) is 14.8. The summed E-state index contributed by atoms with van der Waals surface area (Å²) >= 11 is 1.48. The van der Waals surface area contributed by atoms with Crippen molar-refractivity contribution >= 4 is 29.3 Å². The van der Waals surface area contributed by atoms with Crippen molar-refractivity contribution in [1.82, 2.24) is 14.9 Å². The van der Waals surface area contributed by atoms with Crippen LogP contribution in [0, 0.1) is 27.7 Å². The minimum atomic E-state index is -0.337. The summed E-state index contributed by atoms with van der Waals surface area (Å²) in [6.07, 6.45) is 6.13. The fourth-order valence-electron chi connectivity index (χ4n) is 4.17. The van der Waals surface area contributed by atoms with Gasteiger partial charge in [0.15, 0.2) is 5.16 Å². The Balaban J connectivity index is 1.58. The first-order valence-electron chi connectivity index (χ1n) is 11.1. The number of hydrogen-bond acceptors (Lipinski definition) is 4. The third-order valence-corrected chi connectivity index (χ3v) is 7.18. The number of para-hydroxylation sites is 1. The molecule has 1 fully saturated rings. The predicted molar refractivity (Wildman–Crippen MR) is 127 cm³/mol. The molecule has 1 aliphatic rings. The molecule has 0 spiro atoms. The van der Waals surface area contributed by atoms with Crippen LogP contribution in [0.5, 0.6) is 0 Å². The van der Waals surface area contributed by atoms with Crippen LogP contribution in [0.2, 0.25) is 0 Å². The van der Waals surface area contributed by atoms with Gasteiger partial charge in [0.1, 0.15) is 0 Å². The maximum atomic E-state index is 12.7. The Bertz CT molecular complexity index is 927. The van der Waals surface area contributed by atoms with Crippen LogP contribution >= 0.6 is 11.8 Å².